The quantitative estimate of drug-likeness (QED) is 0.839. The fourth-order valence-electron chi connectivity index (χ4n) is 2.41. The first-order valence-electron chi connectivity index (χ1n) is 7.30. The van der Waals surface area contributed by atoms with Crippen molar-refractivity contribution in [3.63, 3.8) is 0 Å². The van der Waals surface area contributed by atoms with Crippen LogP contribution < -0.4 is 0 Å². The van der Waals surface area contributed by atoms with Crippen molar-refractivity contribution in [2.24, 2.45) is 5.92 Å². The van der Waals surface area contributed by atoms with Crippen LogP contribution >= 0.6 is 15.9 Å². The van der Waals surface area contributed by atoms with E-state index in [1.807, 2.05) is 47.9 Å². The molecule has 1 fully saturated rings. The zero-order valence-corrected chi connectivity index (χ0v) is 14.1. The Morgan fingerprint density at radius 2 is 1.57 bits per heavy atom. The number of nitrogens with zero attached hydrogens (tertiary/aromatic N) is 2. The number of halogens is 1. The van der Waals surface area contributed by atoms with Crippen molar-refractivity contribution in [2.75, 3.05) is 26.2 Å². The van der Waals surface area contributed by atoms with Crippen LogP contribution in [0.5, 0.6) is 0 Å². The summed E-state index contributed by atoms with van der Waals surface area (Å²) in [7, 11) is 0. The molecule has 5 heteroatoms. The van der Waals surface area contributed by atoms with E-state index in [-0.39, 0.29) is 11.8 Å². The molecule has 0 spiro atoms. The highest BCUT2D eigenvalue weighted by Crippen LogP contribution is 2.14. The van der Waals surface area contributed by atoms with Gasteiger partial charge in [0.15, 0.2) is 0 Å². The number of amides is 2. The third-order valence-electron chi connectivity index (χ3n) is 3.59. The van der Waals surface area contributed by atoms with Gasteiger partial charge in [-0.25, -0.2) is 0 Å². The molecule has 0 N–H and O–H groups in total. The van der Waals surface area contributed by atoms with Crippen molar-refractivity contribution in [1.82, 2.24) is 9.80 Å². The molecule has 1 saturated heterocycles. The molecule has 0 saturated carbocycles. The third kappa shape index (κ3) is 4.30. The second-order valence-corrected chi connectivity index (χ2v) is 6.69. The predicted octanol–water partition coefficient (Wildman–Crippen LogP) is 2.78. The molecular weight excluding hydrogens is 332 g/mol. The van der Waals surface area contributed by atoms with Crippen LogP contribution in [0.25, 0.3) is 0 Å². The monoisotopic (exact) mass is 352 g/mol. The minimum atomic E-state index is 0.0402. The molecule has 0 aromatic heterocycles. The lowest BCUT2D eigenvalue weighted by Crippen LogP contribution is -2.50. The van der Waals surface area contributed by atoms with Crippen LogP contribution in [0.4, 0.5) is 0 Å². The zero-order chi connectivity index (χ0) is 15.4. The number of piperazine rings is 1. The van der Waals surface area contributed by atoms with Gasteiger partial charge in [-0.1, -0.05) is 29.8 Å². The fraction of sp³-hybridized carbons (Fsp3) is 0.500. The van der Waals surface area contributed by atoms with E-state index in [2.05, 4.69) is 15.9 Å². The first-order chi connectivity index (χ1) is 9.97. The largest absolute Gasteiger partial charge is 0.339 e. The molecule has 4 nitrogen and oxygen atoms in total. The molecule has 21 heavy (non-hydrogen) atoms. The number of hydrogen-bond acceptors (Lipinski definition) is 2. The lowest BCUT2D eigenvalue weighted by atomic mass is 10.1. The number of rotatable bonds is 3. The van der Waals surface area contributed by atoms with Crippen LogP contribution in [-0.2, 0) is 4.79 Å². The summed E-state index contributed by atoms with van der Waals surface area (Å²) in [6.07, 6.45) is 0.584. The van der Waals surface area contributed by atoms with Gasteiger partial charge in [-0.15, -0.1) is 0 Å². The average molecular weight is 353 g/mol. The van der Waals surface area contributed by atoms with Crippen LogP contribution in [0.3, 0.4) is 0 Å². The minimum Gasteiger partial charge on any atom is -0.339 e. The van der Waals surface area contributed by atoms with Crippen LogP contribution in [-0.4, -0.2) is 47.8 Å². The molecule has 1 aliphatic heterocycles. The van der Waals surface area contributed by atoms with E-state index in [0.29, 0.717) is 44.1 Å². The standard InChI is InChI=1S/C16H21BrN2O2/c1-12(2)11-15(20)18-7-9-19(10-8-18)16(21)13-3-5-14(17)6-4-13/h3-6,12H,7-11H2,1-2H3. The average Bonchev–Trinajstić information content (AvgIpc) is 2.47. The van der Waals surface area contributed by atoms with Crippen molar-refractivity contribution >= 4 is 27.7 Å². The van der Waals surface area contributed by atoms with E-state index in [0.717, 1.165) is 4.47 Å². The van der Waals surface area contributed by atoms with E-state index >= 15 is 0 Å². The maximum absolute atomic E-state index is 12.4. The predicted molar refractivity (Wildman–Crippen MR) is 86.1 cm³/mol. The van der Waals surface area contributed by atoms with Crippen LogP contribution in [0.2, 0.25) is 0 Å². The summed E-state index contributed by atoms with van der Waals surface area (Å²) in [5.41, 5.74) is 0.695. The Hall–Kier alpha value is -1.36. The molecule has 0 atom stereocenters. The molecule has 0 radical (unpaired) electrons. The van der Waals surface area contributed by atoms with E-state index in [4.69, 9.17) is 0 Å². The topological polar surface area (TPSA) is 40.6 Å². The second kappa shape index (κ2) is 7.07. The van der Waals surface area contributed by atoms with Crippen LogP contribution in [0, 0.1) is 5.92 Å². The van der Waals surface area contributed by atoms with Gasteiger partial charge >= 0.3 is 0 Å². The molecule has 114 valence electrons. The smallest absolute Gasteiger partial charge is 0.253 e. The molecule has 2 rings (SSSR count). The summed E-state index contributed by atoms with van der Waals surface area (Å²) in [6.45, 7) is 6.58. The van der Waals surface area contributed by atoms with E-state index in [9.17, 15) is 9.59 Å². The van der Waals surface area contributed by atoms with Crippen LogP contribution in [0.15, 0.2) is 28.7 Å². The van der Waals surface area contributed by atoms with Crippen molar-refractivity contribution in [1.29, 1.82) is 0 Å². The molecule has 0 unspecified atom stereocenters. The van der Waals surface area contributed by atoms with Crippen molar-refractivity contribution in [3.05, 3.63) is 34.3 Å². The molecule has 1 aromatic rings. The van der Waals surface area contributed by atoms with Gasteiger partial charge in [0, 0.05) is 42.6 Å². The van der Waals surface area contributed by atoms with Gasteiger partial charge in [-0.2, -0.15) is 0 Å². The molecule has 0 bridgehead atoms. The summed E-state index contributed by atoms with van der Waals surface area (Å²) in [5.74, 6) is 0.610. The number of benzene rings is 1. The Kier molecular flexibility index (Phi) is 5.39. The van der Waals surface area contributed by atoms with E-state index in [1.165, 1.54) is 0 Å². The maximum Gasteiger partial charge on any atom is 0.253 e. The van der Waals surface area contributed by atoms with Gasteiger partial charge < -0.3 is 9.80 Å². The fourth-order valence-corrected chi connectivity index (χ4v) is 2.68. The van der Waals surface area contributed by atoms with Gasteiger partial charge in [0.1, 0.15) is 0 Å². The second-order valence-electron chi connectivity index (χ2n) is 5.78. The number of carbonyl (C=O) groups excluding carboxylic acids is 2. The Morgan fingerprint density at radius 1 is 1.05 bits per heavy atom. The highest BCUT2D eigenvalue weighted by Gasteiger charge is 2.24. The first-order valence-corrected chi connectivity index (χ1v) is 8.09. The first kappa shape index (κ1) is 16.0. The lowest BCUT2D eigenvalue weighted by Gasteiger charge is -2.35. The SMILES string of the molecule is CC(C)CC(=O)N1CCN(C(=O)c2ccc(Br)cc2)CC1. The Balaban J connectivity index is 1.90. The van der Waals surface area contributed by atoms with Crippen LogP contribution in [0.1, 0.15) is 30.6 Å². The van der Waals surface area contributed by atoms with Gasteiger partial charge in [0.05, 0.1) is 0 Å². The van der Waals surface area contributed by atoms with Gasteiger partial charge in [-0.3, -0.25) is 9.59 Å². The number of carbonyl (C=O) groups is 2. The summed E-state index contributed by atoms with van der Waals surface area (Å²) in [5, 5.41) is 0. The summed E-state index contributed by atoms with van der Waals surface area (Å²) in [6, 6.07) is 7.39. The zero-order valence-electron chi connectivity index (χ0n) is 12.5. The van der Waals surface area contributed by atoms with Crippen molar-refractivity contribution < 1.29 is 9.59 Å². The Labute approximate surface area is 134 Å². The van der Waals surface area contributed by atoms with Gasteiger partial charge in [0.25, 0.3) is 5.91 Å². The molecule has 1 aliphatic rings. The highest BCUT2D eigenvalue weighted by molar-refractivity contribution is 9.10. The molecule has 1 aromatic carbocycles. The highest BCUT2D eigenvalue weighted by atomic mass is 79.9. The van der Waals surface area contributed by atoms with Crippen molar-refractivity contribution in [3.8, 4) is 0 Å². The van der Waals surface area contributed by atoms with E-state index < -0.39 is 0 Å². The lowest BCUT2D eigenvalue weighted by molar-refractivity contribution is -0.133. The van der Waals surface area contributed by atoms with Gasteiger partial charge in [0.2, 0.25) is 5.91 Å². The van der Waals surface area contributed by atoms with Crippen molar-refractivity contribution in [2.45, 2.75) is 20.3 Å². The summed E-state index contributed by atoms with van der Waals surface area (Å²) in [4.78, 5) is 28.1. The molecule has 2 amide bonds. The summed E-state index contributed by atoms with van der Waals surface area (Å²) < 4.78 is 0.961. The molecule has 1 heterocycles. The minimum absolute atomic E-state index is 0.0402. The number of hydrogen-bond donors (Lipinski definition) is 0. The Bertz CT molecular complexity index is 506. The molecular formula is C16H21BrN2O2. The Morgan fingerprint density at radius 3 is 2.10 bits per heavy atom. The summed E-state index contributed by atoms with van der Waals surface area (Å²) >= 11 is 3.36. The van der Waals surface area contributed by atoms with Gasteiger partial charge in [-0.05, 0) is 30.2 Å². The molecule has 0 aliphatic carbocycles. The van der Waals surface area contributed by atoms with E-state index in [1.54, 1.807) is 0 Å². The maximum atomic E-state index is 12.4. The normalized spacial score (nSPS) is 15.4. The third-order valence-corrected chi connectivity index (χ3v) is 4.12.